The number of piperidine rings is 1. The van der Waals surface area contributed by atoms with E-state index in [9.17, 15) is 22.8 Å². The maximum atomic E-state index is 13.8. The molecule has 1 spiro atoms. The van der Waals surface area contributed by atoms with Crippen LogP contribution in [0.25, 0.3) is 0 Å². The summed E-state index contributed by atoms with van der Waals surface area (Å²) in [5, 5.41) is 3.62. The molecule has 33 heavy (non-hydrogen) atoms. The van der Waals surface area contributed by atoms with E-state index >= 15 is 0 Å². The van der Waals surface area contributed by atoms with Crippen molar-refractivity contribution < 1.29 is 27.5 Å². The Bertz CT molecular complexity index is 1100. The Morgan fingerprint density at radius 2 is 1.70 bits per heavy atom. The Morgan fingerprint density at radius 1 is 1.00 bits per heavy atom. The number of hydrogen-bond donors (Lipinski definition) is 0. The fourth-order valence-electron chi connectivity index (χ4n) is 5.39. The van der Waals surface area contributed by atoms with E-state index in [4.69, 9.17) is 4.74 Å². The number of hydrazine groups is 1. The van der Waals surface area contributed by atoms with Crippen molar-refractivity contribution in [3.05, 3.63) is 65.0 Å². The Hall–Kier alpha value is -3.07. The third-order valence-corrected chi connectivity index (χ3v) is 7.08. The molecule has 0 aliphatic carbocycles. The summed E-state index contributed by atoms with van der Waals surface area (Å²) in [5.74, 6) is -1.94. The number of carbonyl (C=O) groups excluding carboxylic acids is 2. The van der Waals surface area contributed by atoms with Gasteiger partial charge in [-0.1, -0.05) is 0 Å². The zero-order chi connectivity index (χ0) is 23.3. The molecule has 3 fully saturated rings. The Kier molecular flexibility index (Phi) is 5.31. The highest BCUT2D eigenvalue weighted by molar-refractivity contribution is 5.97. The Balaban J connectivity index is 1.32. The second kappa shape index (κ2) is 8.06. The van der Waals surface area contributed by atoms with Gasteiger partial charge in [0.1, 0.15) is 23.2 Å². The van der Waals surface area contributed by atoms with E-state index in [0.29, 0.717) is 56.8 Å². The minimum atomic E-state index is -0.663. The van der Waals surface area contributed by atoms with Gasteiger partial charge in [0.25, 0.3) is 5.91 Å². The van der Waals surface area contributed by atoms with Gasteiger partial charge in [0.05, 0.1) is 24.1 Å². The van der Waals surface area contributed by atoms with Gasteiger partial charge in [0.2, 0.25) is 5.91 Å². The molecule has 1 atom stereocenters. The first-order valence-corrected chi connectivity index (χ1v) is 11.0. The van der Waals surface area contributed by atoms with Gasteiger partial charge in [-0.2, -0.15) is 0 Å². The number of carbonyl (C=O) groups is 2. The number of likely N-dealkylation sites (tertiary alicyclic amines) is 1. The molecule has 0 aromatic heterocycles. The lowest BCUT2D eigenvalue weighted by molar-refractivity contribution is -0.144. The number of benzene rings is 2. The molecule has 2 aromatic carbocycles. The summed E-state index contributed by atoms with van der Waals surface area (Å²) in [6.45, 7) is 1.85. The van der Waals surface area contributed by atoms with Crippen molar-refractivity contribution in [1.82, 2.24) is 14.9 Å². The average Bonchev–Trinajstić information content (AvgIpc) is 3.31. The summed E-state index contributed by atoms with van der Waals surface area (Å²) in [6.07, 6.45) is 1.54. The van der Waals surface area contributed by atoms with Crippen LogP contribution >= 0.6 is 0 Å². The van der Waals surface area contributed by atoms with Crippen LogP contribution < -0.4 is 4.74 Å². The van der Waals surface area contributed by atoms with Crippen LogP contribution in [0.4, 0.5) is 13.2 Å². The standard InChI is InChI=1S/C24H24F3N3O3/c1-33-21-3-2-16(25)13-19(21)22(31)28-8-5-24(6-9-28)14-29-7-4-20(30(29)23(24)32)15-10-17(26)12-18(27)11-15/h2-3,10-13,20H,4-9,14H2,1H3/t20-/m0/s1. The molecule has 3 aliphatic heterocycles. The van der Waals surface area contributed by atoms with Crippen molar-refractivity contribution in [3.63, 3.8) is 0 Å². The lowest BCUT2D eigenvalue weighted by Crippen LogP contribution is -2.48. The zero-order valence-electron chi connectivity index (χ0n) is 18.2. The number of fused-ring (bicyclic) bond motifs is 1. The molecule has 0 saturated carbocycles. The van der Waals surface area contributed by atoms with Gasteiger partial charge in [-0.15, -0.1) is 0 Å². The van der Waals surface area contributed by atoms with Crippen LogP contribution in [0.5, 0.6) is 5.75 Å². The van der Waals surface area contributed by atoms with Crippen LogP contribution in [0.1, 0.15) is 41.2 Å². The second-order valence-corrected chi connectivity index (χ2v) is 8.96. The van der Waals surface area contributed by atoms with Crippen molar-refractivity contribution in [2.24, 2.45) is 5.41 Å². The van der Waals surface area contributed by atoms with Crippen molar-refractivity contribution in [1.29, 1.82) is 0 Å². The van der Waals surface area contributed by atoms with Crippen LogP contribution in [0.3, 0.4) is 0 Å². The maximum Gasteiger partial charge on any atom is 0.257 e. The third kappa shape index (κ3) is 3.64. The van der Waals surface area contributed by atoms with Crippen molar-refractivity contribution in [2.45, 2.75) is 25.3 Å². The molecule has 0 bridgehead atoms. The fraction of sp³-hybridized carbons (Fsp3) is 0.417. The molecular formula is C24H24F3N3O3. The minimum Gasteiger partial charge on any atom is -0.496 e. The van der Waals surface area contributed by atoms with Crippen LogP contribution in [-0.2, 0) is 4.79 Å². The predicted molar refractivity (Wildman–Crippen MR) is 113 cm³/mol. The lowest BCUT2D eigenvalue weighted by atomic mass is 9.77. The van der Waals surface area contributed by atoms with E-state index in [-0.39, 0.29) is 17.4 Å². The molecule has 2 amide bonds. The van der Waals surface area contributed by atoms with E-state index in [2.05, 4.69) is 0 Å². The summed E-state index contributed by atoms with van der Waals surface area (Å²) in [7, 11) is 1.43. The first-order chi connectivity index (χ1) is 15.8. The van der Waals surface area contributed by atoms with Gasteiger partial charge in [-0.25, -0.2) is 18.2 Å². The number of hydrogen-bond acceptors (Lipinski definition) is 4. The molecule has 0 unspecified atom stereocenters. The molecular weight excluding hydrogens is 435 g/mol. The van der Waals surface area contributed by atoms with Crippen LogP contribution in [0.15, 0.2) is 36.4 Å². The third-order valence-electron chi connectivity index (χ3n) is 7.08. The Labute approximate surface area is 189 Å². The number of halogens is 3. The Morgan fingerprint density at radius 3 is 2.36 bits per heavy atom. The average molecular weight is 459 g/mol. The van der Waals surface area contributed by atoms with Gasteiger partial charge in [-0.05, 0) is 55.2 Å². The van der Waals surface area contributed by atoms with Gasteiger partial charge in [0.15, 0.2) is 0 Å². The smallest absolute Gasteiger partial charge is 0.257 e. The van der Waals surface area contributed by atoms with Crippen LogP contribution in [0.2, 0.25) is 0 Å². The minimum absolute atomic E-state index is 0.0647. The van der Waals surface area contributed by atoms with Crippen molar-refractivity contribution in [2.75, 3.05) is 33.3 Å². The number of rotatable bonds is 3. The molecule has 0 N–H and O–H groups in total. The van der Waals surface area contributed by atoms with Crippen LogP contribution in [-0.4, -0.2) is 60.0 Å². The fourth-order valence-corrected chi connectivity index (χ4v) is 5.39. The van der Waals surface area contributed by atoms with Gasteiger partial charge < -0.3 is 9.64 Å². The molecule has 2 aromatic rings. The number of nitrogens with zero attached hydrogens (tertiary/aromatic N) is 3. The number of ether oxygens (including phenoxy) is 1. The number of amides is 2. The molecule has 0 radical (unpaired) electrons. The van der Waals surface area contributed by atoms with E-state index < -0.39 is 28.9 Å². The lowest BCUT2D eigenvalue weighted by Gasteiger charge is -2.38. The zero-order valence-corrected chi connectivity index (χ0v) is 18.2. The largest absolute Gasteiger partial charge is 0.496 e. The van der Waals surface area contributed by atoms with Gasteiger partial charge in [-0.3, -0.25) is 14.6 Å². The summed E-state index contributed by atoms with van der Waals surface area (Å²) in [6, 6.07) is 6.80. The first kappa shape index (κ1) is 21.8. The summed E-state index contributed by atoms with van der Waals surface area (Å²) < 4.78 is 46.5. The predicted octanol–water partition coefficient (Wildman–Crippen LogP) is 3.54. The molecule has 3 heterocycles. The van der Waals surface area contributed by atoms with Gasteiger partial charge in [0, 0.05) is 32.2 Å². The van der Waals surface area contributed by atoms with Crippen LogP contribution in [0, 0.1) is 22.9 Å². The summed E-state index contributed by atoms with van der Waals surface area (Å²) >= 11 is 0. The molecule has 3 aliphatic rings. The molecule has 5 rings (SSSR count). The van der Waals surface area contributed by atoms with Crippen molar-refractivity contribution in [3.8, 4) is 5.75 Å². The van der Waals surface area contributed by atoms with E-state index in [1.807, 2.05) is 5.01 Å². The maximum absolute atomic E-state index is 13.8. The summed E-state index contributed by atoms with van der Waals surface area (Å²) in [5.41, 5.74) is -0.0390. The van der Waals surface area contributed by atoms with Gasteiger partial charge >= 0.3 is 0 Å². The highest BCUT2D eigenvalue weighted by Crippen LogP contribution is 2.47. The van der Waals surface area contributed by atoms with Crippen molar-refractivity contribution >= 4 is 11.8 Å². The van der Waals surface area contributed by atoms with E-state index in [1.54, 1.807) is 9.91 Å². The number of methoxy groups -OCH3 is 1. The SMILES string of the molecule is COc1ccc(F)cc1C(=O)N1CCC2(CC1)CN1CC[C@@H](c3cc(F)cc(F)c3)N1C2=O. The normalized spacial score (nSPS) is 22.2. The first-order valence-electron chi connectivity index (χ1n) is 11.0. The highest BCUT2D eigenvalue weighted by Gasteiger charge is 2.56. The monoisotopic (exact) mass is 459 g/mol. The second-order valence-electron chi connectivity index (χ2n) is 8.96. The quantitative estimate of drug-likeness (QED) is 0.705. The van der Waals surface area contributed by atoms with E-state index in [0.717, 1.165) is 12.1 Å². The summed E-state index contributed by atoms with van der Waals surface area (Å²) in [4.78, 5) is 28.2. The molecule has 174 valence electrons. The molecule has 9 heteroatoms. The molecule has 6 nitrogen and oxygen atoms in total. The van der Waals surface area contributed by atoms with E-state index in [1.165, 1.54) is 31.4 Å². The highest BCUT2D eigenvalue weighted by atomic mass is 19.1. The molecule has 3 saturated heterocycles. The topological polar surface area (TPSA) is 53.1 Å².